The third kappa shape index (κ3) is 4.59. The fourth-order valence-corrected chi connectivity index (χ4v) is 2.41. The number of aliphatic carboxylic acids is 1. The van der Waals surface area contributed by atoms with Crippen molar-refractivity contribution in [3.63, 3.8) is 0 Å². The molecule has 0 aliphatic carbocycles. The lowest BCUT2D eigenvalue weighted by Gasteiger charge is -2.23. The van der Waals surface area contributed by atoms with E-state index < -0.39 is 11.5 Å². The smallest absolute Gasteiger partial charge is 0.323 e. The number of aromatic nitrogens is 1. The van der Waals surface area contributed by atoms with Gasteiger partial charge in [-0.1, -0.05) is 0 Å². The number of halogens is 1. The second-order valence-electron chi connectivity index (χ2n) is 4.15. The lowest BCUT2D eigenvalue weighted by Crippen LogP contribution is -2.47. The summed E-state index contributed by atoms with van der Waals surface area (Å²) in [6, 6.07) is 3.90. The molecular formula is C12H17BrN2O2S. The Labute approximate surface area is 120 Å². The molecule has 0 bridgehead atoms. The molecule has 0 aromatic carbocycles. The van der Waals surface area contributed by atoms with Crippen molar-refractivity contribution < 1.29 is 9.90 Å². The Balaban J connectivity index is 2.34. The van der Waals surface area contributed by atoms with E-state index >= 15 is 0 Å². The third-order valence-corrected chi connectivity index (χ3v) is 4.29. The van der Waals surface area contributed by atoms with E-state index in [2.05, 4.69) is 26.2 Å². The highest BCUT2D eigenvalue weighted by molar-refractivity contribution is 9.10. The molecule has 6 heteroatoms. The average molecular weight is 333 g/mol. The van der Waals surface area contributed by atoms with E-state index in [-0.39, 0.29) is 0 Å². The fraction of sp³-hybridized carbons (Fsp3) is 0.500. The summed E-state index contributed by atoms with van der Waals surface area (Å²) in [4.78, 5) is 15.3. The number of hydrogen-bond donors (Lipinski definition) is 2. The Kier molecular flexibility index (Phi) is 6.11. The molecule has 0 spiro atoms. The van der Waals surface area contributed by atoms with Gasteiger partial charge in [-0.15, -0.1) is 11.8 Å². The number of carboxylic acid groups (broad SMARTS) is 1. The van der Waals surface area contributed by atoms with Crippen LogP contribution in [0.15, 0.2) is 27.8 Å². The fourth-order valence-electron chi connectivity index (χ4n) is 1.39. The van der Waals surface area contributed by atoms with Crippen LogP contribution in [0.2, 0.25) is 0 Å². The van der Waals surface area contributed by atoms with Crippen LogP contribution >= 0.6 is 27.7 Å². The van der Waals surface area contributed by atoms with Crippen molar-refractivity contribution in [3.8, 4) is 0 Å². The van der Waals surface area contributed by atoms with Crippen LogP contribution in [-0.4, -0.2) is 34.4 Å². The summed E-state index contributed by atoms with van der Waals surface area (Å²) in [5.41, 5.74) is -0.840. The molecule has 100 valence electrons. The van der Waals surface area contributed by atoms with Crippen LogP contribution in [0.1, 0.15) is 19.8 Å². The number of likely N-dealkylation sites (N-methyl/N-ethyl adjacent to an activating group) is 1. The van der Waals surface area contributed by atoms with Gasteiger partial charge in [0.2, 0.25) is 0 Å². The molecule has 1 aromatic heterocycles. The number of carboxylic acids is 1. The predicted molar refractivity (Wildman–Crippen MR) is 77.0 cm³/mol. The minimum absolute atomic E-state index is 0.600. The standard InChI is InChI=1S/C12H17BrN2O2S/c1-12(14-2,11(16)17)6-3-7-18-10-5-4-9(13)8-15-10/h4-5,8,14H,3,6-7H2,1-2H3,(H,16,17). The second kappa shape index (κ2) is 7.11. The number of nitrogens with zero attached hydrogens (tertiary/aromatic N) is 1. The van der Waals surface area contributed by atoms with Crippen molar-refractivity contribution >= 4 is 33.7 Å². The van der Waals surface area contributed by atoms with Crippen LogP contribution in [0.4, 0.5) is 0 Å². The quantitative estimate of drug-likeness (QED) is 0.593. The van der Waals surface area contributed by atoms with Gasteiger partial charge in [-0.3, -0.25) is 4.79 Å². The SMILES string of the molecule is CNC(C)(CCCSc1ccc(Br)cn1)C(=O)O. The molecule has 0 fully saturated rings. The van der Waals surface area contributed by atoms with E-state index in [1.165, 1.54) is 0 Å². The molecule has 0 aliphatic heterocycles. The van der Waals surface area contributed by atoms with Crippen molar-refractivity contribution in [2.45, 2.75) is 30.3 Å². The molecule has 2 N–H and O–H groups in total. The van der Waals surface area contributed by atoms with Gasteiger partial charge in [-0.2, -0.15) is 0 Å². The minimum Gasteiger partial charge on any atom is -0.480 e. The van der Waals surface area contributed by atoms with Gasteiger partial charge < -0.3 is 10.4 Å². The number of nitrogens with one attached hydrogen (secondary N) is 1. The Morgan fingerprint density at radius 2 is 2.33 bits per heavy atom. The monoisotopic (exact) mass is 332 g/mol. The van der Waals surface area contributed by atoms with E-state index in [0.717, 1.165) is 21.7 Å². The second-order valence-corrected chi connectivity index (χ2v) is 6.18. The number of rotatable bonds is 7. The van der Waals surface area contributed by atoms with Gasteiger partial charge in [0.25, 0.3) is 0 Å². The molecule has 1 heterocycles. The first-order valence-electron chi connectivity index (χ1n) is 5.64. The van der Waals surface area contributed by atoms with Gasteiger partial charge in [0.15, 0.2) is 0 Å². The topological polar surface area (TPSA) is 62.2 Å². The first kappa shape index (κ1) is 15.5. The van der Waals surface area contributed by atoms with E-state index in [1.807, 2.05) is 12.1 Å². The zero-order valence-corrected chi connectivity index (χ0v) is 12.8. The molecule has 4 nitrogen and oxygen atoms in total. The van der Waals surface area contributed by atoms with Crippen LogP contribution in [0.25, 0.3) is 0 Å². The van der Waals surface area contributed by atoms with Gasteiger partial charge in [0, 0.05) is 10.7 Å². The van der Waals surface area contributed by atoms with E-state index in [1.54, 1.807) is 31.9 Å². The number of thioether (sulfide) groups is 1. The van der Waals surface area contributed by atoms with Crippen LogP contribution < -0.4 is 5.32 Å². The Morgan fingerprint density at radius 1 is 1.61 bits per heavy atom. The first-order chi connectivity index (χ1) is 8.48. The van der Waals surface area contributed by atoms with Crippen molar-refractivity contribution in [1.82, 2.24) is 10.3 Å². The first-order valence-corrected chi connectivity index (χ1v) is 7.42. The van der Waals surface area contributed by atoms with Gasteiger partial charge in [-0.05, 0) is 60.6 Å². The summed E-state index contributed by atoms with van der Waals surface area (Å²) >= 11 is 4.97. The molecule has 1 atom stereocenters. The summed E-state index contributed by atoms with van der Waals surface area (Å²) in [6.45, 7) is 1.71. The van der Waals surface area contributed by atoms with Crippen LogP contribution in [0.5, 0.6) is 0 Å². The average Bonchev–Trinajstić information content (AvgIpc) is 2.36. The summed E-state index contributed by atoms with van der Waals surface area (Å²) in [5, 5.41) is 12.9. The van der Waals surface area contributed by atoms with E-state index in [0.29, 0.717) is 6.42 Å². The van der Waals surface area contributed by atoms with Gasteiger partial charge in [0.05, 0.1) is 5.03 Å². The normalized spacial score (nSPS) is 14.2. The largest absolute Gasteiger partial charge is 0.480 e. The minimum atomic E-state index is -0.840. The van der Waals surface area contributed by atoms with Crippen molar-refractivity contribution in [2.24, 2.45) is 0 Å². The molecule has 0 aliphatic rings. The summed E-state index contributed by atoms with van der Waals surface area (Å²) in [6.07, 6.45) is 3.19. The summed E-state index contributed by atoms with van der Waals surface area (Å²) in [5.74, 6) is 0.0518. The molecule has 0 amide bonds. The Morgan fingerprint density at radius 3 is 2.83 bits per heavy atom. The van der Waals surface area contributed by atoms with Crippen molar-refractivity contribution in [2.75, 3.05) is 12.8 Å². The van der Waals surface area contributed by atoms with Crippen LogP contribution in [0.3, 0.4) is 0 Å². The highest BCUT2D eigenvalue weighted by Gasteiger charge is 2.30. The zero-order valence-electron chi connectivity index (χ0n) is 10.4. The van der Waals surface area contributed by atoms with Gasteiger partial charge >= 0.3 is 5.97 Å². The highest BCUT2D eigenvalue weighted by atomic mass is 79.9. The molecule has 18 heavy (non-hydrogen) atoms. The summed E-state index contributed by atoms with van der Waals surface area (Å²) < 4.78 is 0.959. The predicted octanol–water partition coefficient (Wildman–Crippen LogP) is 2.78. The van der Waals surface area contributed by atoms with E-state index in [9.17, 15) is 4.79 Å². The van der Waals surface area contributed by atoms with Gasteiger partial charge in [-0.25, -0.2) is 4.98 Å². The third-order valence-electron chi connectivity index (χ3n) is 2.80. The molecule has 0 radical (unpaired) electrons. The van der Waals surface area contributed by atoms with Crippen molar-refractivity contribution in [1.29, 1.82) is 0 Å². The molecule has 1 rings (SSSR count). The molecule has 0 saturated carbocycles. The molecular weight excluding hydrogens is 316 g/mol. The van der Waals surface area contributed by atoms with E-state index in [4.69, 9.17) is 5.11 Å². The lowest BCUT2D eigenvalue weighted by molar-refractivity contribution is -0.144. The highest BCUT2D eigenvalue weighted by Crippen LogP contribution is 2.21. The van der Waals surface area contributed by atoms with Crippen molar-refractivity contribution in [3.05, 3.63) is 22.8 Å². The Bertz CT molecular complexity index is 400. The maximum Gasteiger partial charge on any atom is 0.323 e. The molecule has 1 aromatic rings. The number of carbonyl (C=O) groups is 1. The molecule has 1 unspecified atom stereocenters. The molecule has 0 saturated heterocycles. The summed E-state index contributed by atoms with van der Waals surface area (Å²) in [7, 11) is 1.68. The van der Waals surface area contributed by atoms with Crippen LogP contribution in [0, 0.1) is 0 Å². The maximum atomic E-state index is 11.1. The van der Waals surface area contributed by atoms with Crippen LogP contribution in [-0.2, 0) is 4.79 Å². The lowest BCUT2D eigenvalue weighted by atomic mass is 9.97. The zero-order chi connectivity index (χ0) is 13.6. The van der Waals surface area contributed by atoms with Gasteiger partial charge in [0.1, 0.15) is 5.54 Å². The number of hydrogen-bond acceptors (Lipinski definition) is 4. The number of pyridine rings is 1. The maximum absolute atomic E-state index is 11.1. The Hall–Kier alpha value is -0.590.